The molecule has 0 aliphatic carbocycles. The number of nitrogens with zero attached hydrogens (tertiary/aromatic N) is 7. The van der Waals surface area contributed by atoms with Gasteiger partial charge in [-0.15, -0.1) is 0 Å². The smallest absolute Gasteiger partial charge is 0.216 e. The van der Waals surface area contributed by atoms with Gasteiger partial charge in [0.15, 0.2) is 0 Å². The molecule has 5 heterocycles. The molecule has 0 bridgehead atoms. The average molecular weight is 396 g/mol. The molecule has 0 spiro atoms. The van der Waals surface area contributed by atoms with E-state index in [1.165, 1.54) is 0 Å². The first kappa shape index (κ1) is 17.1. The maximum atomic E-state index is 4.96. The van der Waals surface area contributed by atoms with Crippen molar-refractivity contribution in [1.82, 2.24) is 29.7 Å². The molecule has 2 aliphatic rings. The molecule has 0 fully saturated rings. The van der Waals surface area contributed by atoms with Crippen molar-refractivity contribution in [2.24, 2.45) is 4.99 Å². The minimum atomic E-state index is -0.113. The van der Waals surface area contributed by atoms with E-state index in [1.807, 2.05) is 54.9 Å². The Morgan fingerprint density at radius 2 is 1.93 bits per heavy atom. The Morgan fingerprint density at radius 1 is 1.00 bits per heavy atom. The summed E-state index contributed by atoms with van der Waals surface area (Å²) in [6.07, 6.45) is 5.40. The summed E-state index contributed by atoms with van der Waals surface area (Å²) in [7, 11) is 0. The van der Waals surface area contributed by atoms with Crippen molar-refractivity contribution in [2.45, 2.75) is 12.7 Å². The van der Waals surface area contributed by atoms with Gasteiger partial charge in [0, 0.05) is 30.7 Å². The highest BCUT2D eigenvalue weighted by molar-refractivity contribution is 5.98. The van der Waals surface area contributed by atoms with E-state index in [-0.39, 0.29) is 6.17 Å². The van der Waals surface area contributed by atoms with Gasteiger partial charge in [-0.3, -0.25) is 24.3 Å². The number of aliphatic imine (C=N–C) groups is 1. The summed E-state index contributed by atoms with van der Waals surface area (Å²) < 4.78 is 2.23. The summed E-state index contributed by atoms with van der Waals surface area (Å²) in [4.78, 5) is 23.0. The summed E-state index contributed by atoms with van der Waals surface area (Å²) in [5.41, 5.74) is 4.14. The molecule has 2 aliphatic heterocycles. The predicted octanol–water partition coefficient (Wildman–Crippen LogP) is 2.57. The van der Waals surface area contributed by atoms with Crippen molar-refractivity contribution < 1.29 is 0 Å². The number of pyridine rings is 2. The van der Waals surface area contributed by atoms with Crippen molar-refractivity contribution in [3.8, 4) is 0 Å². The van der Waals surface area contributed by atoms with E-state index in [4.69, 9.17) is 9.98 Å². The fourth-order valence-electron chi connectivity index (χ4n) is 4.10. The first-order chi connectivity index (χ1) is 14.9. The third-order valence-corrected chi connectivity index (χ3v) is 5.47. The fourth-order valence-corrected chi connectivity index (χ4v) is 4.10. The van der Waals surface area contributed by atoms with E-state index < -0.39 is 0 Å². The SMILES string of the molecule is c1ccc(CN2CN=C3N[C@@H](c4cccnc4)n4c(nc5ccccc54)N3C2)nc1. The second kappa shape index (κ2) is 6.93. The number of benzene rings is 1. The van der Waals surface area contributed by atoms with Crippen LogP contribution in [0.5, 0.6) is 0 Å². The topological polar surface area (TPSA) is 74.5 Å². The zero-order valence-electron chi connectivity index (χ0n) is 16.3. The van der Waals surface area contributed by atoms with E-state index in [0.717, 1.165) is 40.7 Å². The number of imidazole rings is 1. The largest absolute Gasteiger partial charge is 0.331 e. The van der Waals surface area contributed by atoms with Crippen LogP contribution in [0.4, 0.5) is 5.95 Å². The zero-order chi connectivity index (χ0) is 19.9. The van der Waals surface area contributed by atoms with Gasteiger partial charge >= 0.3 is 0 Å². The van der Waals surface area contributed by atoms with Gasteiger partial charge in [0.25, 0.3) is 0 Å². The molecular weight excluding hydrogens is 376 g/mol. The van der Waals surface area contributed by atoms with Crippen molar-refractivity contribution in [2.75, 3.05) is 18.2 Å². The zero-order valence-corrected chi connectivity index (χ0v) is 16.3. The summed E-state index contributed by atoms with van der Waals surface area (Å²) in [5.74, 6) is 1.72. The molecule has 0 amide bonds. The molecule has 0 saturated carbocycles. The molecule has 30 heavy (non-hydrogen) atoms. The van der Waals surface area contributed by atoms with Crippen molar-refractivity contribution in [3.63, 3.8) is 0 Å². The van der Waals surface area contributed by atoms with Gasteiger partial charge in [0.2, 0.25) is 11.9 Å². The highest BCUT2D eigenvalue weighted by atomic mass is 15.5. The molecule has 4 aromatic rings. The van der Waals surface area contributed by atoms with E-state index in [1.54, 1.807) is 6.20 Å². The van der Waals surface area contributed by atoms with Crippen molar-refractivity contribution in [1.29, 1.82) is 0 Å². The monoisotopic (exact) mass is 396 g/mol. The van der Waals surface area contributed by atoms with Gasteiger partial charge in [-0.25, -0.2) is 9.98 Å². The van der Waals surface area contributed by atoms with Crippen LogP contribution in [0.2, 0.25) is 0 Å². The minimum Gasteiger partial charge on any atom is -0.331 e. The molecule has 0 saturated heterocycles. The molecule has 1 N–H and O–H groups in total. The molecule has 3 aromatic heterocycles. The Morgan fingerprint density at radius 3 is 2.80 bits per heavy atom. The fraction of sp³-hybridized carbons (Fsp3) is 0.182. The standard InChI is InChI=1S/C22H20N8/c1-2-9-19-18(8-1)26-22-29-15-28(13-17-7-3-4-11-24-17)14-25-21(29)27-20(30(19)22)16-6-5-10-23-12-16/h1-12,20H,13-15H2,(H,25,27)/t20-/m1/s1. The summed E-state index contributed by atoms with van der Waals surface area (Å²) in [6.45, 7) is 2.03. The maximum absolute atomic E-state index is 4.96. The highest BCUT2D eigenvalue weighted by Gasteiger charge is 2.35. The number of nitrogens with one attached hydrogen (secondary N) is 1. The lowest BCUT2D eigenvalue weighted by Crippen LogP contribution is -2.57. The van der Waals surface area contributed by atoms with E-state index in [2.05, 4.69) is 41.8 Å². The van der Waals surface area contributed by atoms with Crippen LogP contribution in [0, 0.1) is 0 Å². The third kappa shape index (κ3) is 2.81. The second-order valence-electron chi connectivity index (χ2n) is 7.45. The first-order valence-electron chi connectivity index (χ1n) is 9.94. The number of anilines is 1. The number of hydrogen-bond acceptors (Lipinski definition) is 7. The molecule has 6 rings (SSSR count). The third-order valence-electron chi connectivity index (χ3n) is 5.47. The predicted molar refractivity (Wildman–Crippen MR) is 115 cm³/mol. The van der Waals surface area contributed by atoms with E-state index in [0.29, 0.717) is 13.3 Å². The first-order valence-corrected chi connectivity index (χ1v) is 9.94. The number of guanidine groups is 1. The van der Waals surface area contributed by atoms with Gasteiger partial charge in [0.05, 0.1) is 30.1 Å². The van der Waals surface area contributed by atoms with Crippen LogP contribution < -0.4 is 10.2 Å². The Balaban J connectivity index is 1.42. The van der Waals surface area contributed by atoms with Gasteiger partial charge in [-0.05, 0) is 30.3 Å². The lowest BCUT2D eigenvalue weighted by Gasteiger charge is -2.41. The summed E-state index contributed by atoms with van der Waals surface area (Å²) in [6, 6.07) is 18.3. The number of hydrogen-bond donors (Lipinski definition) is 1. The summed E-state index contributed by atoms with van der Waals surface area (Å²) >= 11 is 0. The van der Waals surface area contributed by atoms with Crippen LogP contribution in [0.1, 0.15) is 17.4 Å². The van der Waals surface area contributed by atoms with Crippen LogP contribution in [0.15, 0.2) is 78.2 Å². The van der Waals surface area contributed by atoms with Crippen LogP contribution in [-0.2, 0) is 6.54 Å². The van der Waals surface area contributed by atoms with Crippen molar-refractivity contribution in [3.05, 3.63) is 84.4 Å². The number of fused-ring (bicyclic) bond motifs is 5. The molecule has 1 atom stereocenters. The lowest BCUT2D eigenvalue weighted by molar-refractivity contribution is 0.261. The highest BCUT2D eigenvalue weighted by Crippen LogP contribution is 2.33. The molecule has 8 nitrogen and oxygen atoms in total. The molecule has 8 heteroatoms. The van der Waals surface area contributed by atoms with Crippen molar-refractivity contribution >= 4 is 22.9 Å². The van der Waals surface area contributed by atoms with E-state index >= 15 is 0 Å². The maximum Gasteiger partial charge on any atom is 0.216 e. The Bertz CT molecular complexity index is 1220. The van der Waals surface area contributed by atoms with E-state index in [9.17, 15) is 0 Å². The number of para-hydroxylation sites is 2. The molecule has 0 unspecified atom stereocenters. The quantitative estimate of drug-likeness (QED) is 0.574. The minimum absolute atomic E-state index is 0.113. The van der Waals surface area contributed by atoms with Crippen LogP contribution in [-0.4, -0.2) is 43.7 Å². The van der Waals surface area contributed by atoms with Gasteiger partial charge < -0.3 is 5.32 Å². The Hall–Kier alpha value is -3.78. The van der Waals surface area contributed by atoms with Crippen LogP contribution in [0.25, 0.3) is 11.0 Å². The summed E-state index contributed by atoms with van der Waals surface area (Å²) in [5, 5.41) is 3.61. The normalized spacial score (nSPS) is 18.5. The van der Waals surface area contributed by atoms with Crippen LogP contribution in [0.3, 0.4) is 0 Å². The van der Waals surface area contributed by atoms with Gasteiger partial charge in [-0.1, -0.05) is 24.3 Å². The molecular formula is C22H20N8. The van der Waals surface area contributed by atoms with Gasteiger partial charge in [-0.2, -0.15) is 0 Å². The Kier molecular flexibility index (Phi) is 3.95. The molecule has 0 radical (unpaired) electrons. The Labute approximate surface area is 173 Å². The molecule has 1 aromatic carbocycles. The number of rotatable bonds is 3. The average Bonchev–Trinajstić information content (AvgIpc) is 3.20. The lowest BCUT2D eigenvalue weighted by atomic mass is 10.2. The van der Waals surface area contributed by atoms with Crippen LogP contribution >= 0.6 is 0 Å². The number of aromatic nitrogens is 4. The molecule has 148 valence electrons. The van der Waals surface area contributed by atoms with Gasteiger partial charge in [0.1, 0.15) is 6.17 Å². The second-order valence-corrected chi connectivity index (χ2v) is 7.45.